The number of ether oxygens (including phenoxy) is 3. The van der Waals surface area contributed by atoms with E-state index >= 15 is 0 Å². The lowest BCUT2D eigenvalue weighted by atomic mass is 9.68. The molecule has 8 heteroatoms. The Morgan fingerprint density at radius 1 is 1.03 bits per heavy atom. The first kappa shape index (κ1) is 26.7. The van der Waals surface area contributed by atoms with Gasteiger partial charge in [0.15, 0.2) is 5.78 Å². The third kappa shape index (κ3) is 5.07. The Bertz CT molecular complexity index is 1260. The SMILES string of the molecule is CCOC(=O)C1=C(C)NC2=C(C(=O)C(C(=O)OCC)C(c3ccc(OC)cc3)C2)C1c1ccc(CC)s1. The Balaban J connectivity index is 1.87. The van der Waals surface area contributed by atoms with E-state index in [0.717, 1.165) is 27.4 Å². The standard InChI is InChI=1S/C29H33NO6S/c1-6-19-13-14-22(37-19)26-23(28(32)35-7-2)16(4)30-21-15-20(17-9-11-18(34-5)12-10-17)24(27(31)25(21)26)29(33)36-8-3/h9-14,20,24,26,30H,6-8,15H2,1-5H3. The molecule has 1 N–H and O–H groups in total. The molecule has 0 radical (unpaired) electrons. The van der Waals surface area contributed by atoms with E-state index in [2.05, 4.69) is 12.2 Å². The fourth-order valence-electron chi connectivity index (χ4n) is 5.20. The average Bonchev–Trinajstić information content (AvgIpc) is 3.37. The first-order chi connectivity index (χ1) is 17.8. The summed E-state index contributed by atoms with van der Waals surface area (Å²) in [4.78, 5) is 42.7. The fourth-order valence-corrected chi connectivity index (χ4v) is 6.28. The van der Waals surface area contributed by atoms with Gasteiger partial charge in [-0.05, 0) is 63.4 Å². The summed E-state index contributed by atoms with van der Waals surface area (Å²) in [5.74, 6) is -2.70. The van der Waals surface area contributed by atoms with Crippen molar-refractivity contribution in [2.45, 2.75) is 52.4 Å². The van der Waals surface area contributed by atoms with Gasteiger partial charge in [0.05, 0.1) is 31.8 Å². The molecule has 2 aliphatic rings. The van der Waals surface area contributed by atoms with Gasteiger partial charge in [-0.25, -0.2) is 4.79 Å². The highest BCUT2D eigenvalue weighted by molar-refractivity contribution is 7.12. The normalized spacial score (nSPS) is 21.3. The Morgan fingerprint density at radius 2 is 1.73 bits per heavy atom. The number of esters is 2. The molecule has 7 nitrogen and oxygen atoms in total. The maximum Gasteiger partial charge on any atom is 0.336 e. The van der Waals surface area contributed by atoms with Crippen LogP contribution in [0.25, 0.3) is 0 Å². The molecule has 3 atom stereocenters. The number of dihydropyridines is 1. The zero-order chi connectivity index (χ0) is 26.7. The Labute approximate surface area is 221 Å². The monoisotopic (exact) mass is 523 g/mol. The molecule has 0 fully saturated rings. The summed E-state index contributed by atoms with van der Waals surface area (Å²) in [5, 5.41) is 3.34. The molecule has 0 saturated heterocycles. The third-order valence-corrected chi connectivity index (χ3v) is 8.21. The predicted octanol–water partition coefficient (Wildman–Crippen LogP) is 5.03. The van der Waals surface area contributed by atoms with Gasteiger partial charge in [-0.2, -0.15) is 0 Å². The zero-order valence-electron chi connectivity index (χ0n) is 21.9. The minimum atomic E-state index is -1.02. The summed E-state index contributed by atoms with van der Waals surface area (Å²) in [6.07, 6.45) is 1.27. The van der Waals surface area contributed by atoms with Crippen LogP contribution in [0, 0.1) is 5.92 Å². The molecule has 196 valence electrons. The van der Waals surface area contributed by atoms with Crippen LogP contribution in [0.3, 0.4) is 0 Å². The molecule has 4 rings (SSSR count). The molecular formula is C29H33NO6S. The topological polar surface area (TPSA) is 90.9 Å². The smallest absolute Gasteiger partial charge is 0.336 e. The van der Waals surface area contributed by atoms with Crippen molar-refractivity contribution in [3.05, 3.63) is 74.3 Å². The maximum absolute atomic E-state index is 14.3. The van der Waals surface area contributed by atoms with Gasteiger partial charge in [0.25, 0.3) is 0 Å². The van der Waals surface area contributed by atoms with Gasteiger partial charge >= 0.3 is 11.9 Å². The van der Waals surface area contributed by atoms with E-state index in [1.165, 1.54) is 0 Å². The quantitative estimate of drug-likeness (QED) is 0.383. The number of thiophene rings is 1. The van der Waals surface area contributed by atoms with Crippen LogP contribution in [0.15, 0.2) is 58.9 Å². The van der Waals surface area contributed by atoms with E-state index in [0.29, 0.717) is 29.0 Å². The van der Waals surface area contributed by atoms with Gasteiger partial charge in [0, 0.05) is 32.6 Å². The summed E-state index contributed by atoms with van der Waals surface area (Å²) in [5.41, 5.74) is 3.09. The van der Waals surface area contributed by atoms with Crippen molar-refractivity contribution in [3.8, 4) is 5.75 Å². The van der Waals surface area contributed by atoms with Crippen molar-refractivity contribution in [2.75, 3.05) is 20.3 Å². The number of nitrogens with one attached hydrogen (secondary N) is 1. The first-order valence-electron chi connectivity index (χ1n) is 12.7. The second kappa shape index (κ2) is 11.3. The summed E-state index contributed by atoms with van der Waals surface area (Å²) in [6.45, 7) is 7.78. The number of carbonyl (C=O) groups excluding carboxylic acids is 3. The molecule has 2 heterocycles. The Kier molecular flexibility index (Phi) is 8.17. The van der Waals surface area contributed by atoms with Gasteiger partial charge in [0.1, 0.15) is 11.7 Å². The molecule has 2 aromatic rings. The van der Waals surface area contributed by atoms with Gasteiger partial charge in [-0.3, -0.25) is 9.59 Å². The van der Waals surface area contributed by atoms with E-state index in [4.69, 9.17) is 14.2 Å². The summed E-state index contributed by atoms with van der Waals surface area (Å²) in [7, 11) is 1.59. The summed E-state index contributed by atoms with van der Waals surface area (Å²) >= 11 is 1.57. The van der Waals surface area contributed by atoms with Crippen LogP contribution in [0.2, 0.25) is 0 Å². The van der Waals surface area contributed by atoms with E-state index in [1.54, 1.807) is 32.3 Å². The van der Waals surface area contributed by atoms with E-state index in [1.807, 2.05) is 43.3 Å². The molecular weight excluding hydrogens is 490 g/mol. The average molecular weight is 524 g/mol. The molecule has 0 spiro atoms. The molecule has 37 heavy (non-hydrogen) atoms. The number of aryl methyl sites for hydroxylation is 1. The largest absolute Gasteiger partial charge is 0.497 e. The van der Waals surface area contributed by atoms with Crippen LogP contribution in [0.5, 0.6) is 5.75 Å². The van der Waals surface area contributed by atoms with Crippen LogP contribution in [0.1, 0.15) is 61.3 Å². The van der Waals surface area contributed by atoms with Gasteiger partial charge in [-0.15, -0.1) is 11.3 Å². The fraction of sp³-hybridized carbons (Fsp3) is 0.414. The molecule has 1 aromatic heterocycles. The maximum atomic E-state index is 14.3. The van der Waals surface area contributed by atoms with Crippen molar-refractivity contribution in [1.29, 1.82) is 0 Å². The number of ketones is 1. The highest BCUT2D eigenvalue weighted by Crippen LogP contribution is 2.49. The van der Waals surface area contributed by atoms with Crippen LogP contribution in [-0.4, -0.2) is 38.0 Å². The first-order valence-corrected chi connectivity index (χ1v) is 13.5. The highest BCUT2D eigenvalue weighted by atomic mass is 32.1. The third-order valence-electron chi connectivity index (χ3n) is 6.91. The van der Waals surface area contributed by atoms with E-state index in [9.17, 15) is 14.4 Å². The van der Waals surface area contributed by atoms with Gasteiger partial charge < -0.3 is 19.5 Å². The van der Waals surface area contributed by atoms with Crippen LogP contribution >= 0.6 is 11.3 Å². The second-order valence-corrected chi connectivity index (χ2v) is 10.2. The van der Waals surface area contributed by atoms with E-state index in [-0.39, 0.29) is 19.0 Å². The second-order valence-electron chi connectivity index (χ2n) is 9.04. The molecule has 1 aliphatic carbocycles. The molecule has 1 aromatic carbocycles. The number of hydrogen-bond acceptors (Lipinski definition) is 8. The number of benzene rings is 1. The highest BCUT2D eigenvalue weighted by Gasteiger charge is 2.49. The number of Topliss-reactive ketones (excluding diaryl/α,β-unsaturated/α-hetero) is 1. The van der Waals surface area contributed by atoms with Crippen molar-refractivity contribution < 1.29 is 28.6 Å². The minimum Gasteiger partial charge on any atom is -0.497 e. The van der Waals surface area contributed by atoms with Gasteiger partial charge in [-0.1, -0.05) is 19.1 Å². The van der Waals surface area contributed by atoms with Gasteiger partial charge in [0.2, 0.25) is 0 Å². The Morgan fingerprint density at radius 3 is 2.32 bits per heavy atom. The van der Waals surface area contributed by atoms with Crippen molar-refractivity contribution in [3.63, 3.8) is 0 Å². The van der Waals surface area contributed by atoms with Crippen molar-refractivity contribution in [1.82, 2.24) is 5.32 Å². The van der Waals surface area contributed by atoms with Crippen LogP contribution < -0.4 is 10.1 Å². The lowest BCUT2D eigenvalue weighted by Crippen LogP contribution is -2.43. The van der Waals surface area contributed by atoms with Crippen molar-refractivity contribution in [2.24, 2.45) is 5.92 Å². The van der Waals surface area contributed by atoms with Crippen molar-refractivity contribution >= 4 is 29.1 Å². The van der Waals surface area contributed by atoms with Crippen LogP contribution in [-0.2, 0) is 30.3 Å². The number of carbonyl (C=O) groups is 3. The Hall–Kier alpha value is -3.39. The molecule has 0 bridgehead atoms. The van der Waals surface area contributed by atoms with E-state index < -0.39 is 29.7 Å². The predicted molar refractivity (Wildman–Crippen MR) is 141 cm³/mol. The number of methoxy groups -OCH3 is 1. The molecule has 0 saturated carbocycles. The zero-order valence-corrected chi connectivity index (χ0v) is 22.7. The lowest BCUT2D eigenvalue weighted by Gasteiger charge is -2.39. The molecule has 0 amide bonds. The lowest BCUT2D eigenvalue weighted by molar-refractivity contribution is -0.152. The minimum absolute atomic E-state index is 0.170. The summed E-state index contributed by atoms with van der Waals surface area (Å²) < 4.78 is 16.1. The molecule has 3 unspecified atom stereocenters. The number of hydrogen-bond donors (Lipinski definition) is 1. The molecule has 1 aliphatic heterocycles. The number of rotatable bonds is 8. The number of allylic oxidation sites excluding steroid dienone is 3. The van der Waals surface area contributed by atoms with Crippen LogP contribution in [0.4, 0.5) is 0 Å². The summed E-state index contributed by atoms with van der Waals surface area (Å²) in [6, 6.07) is 11.4.